The summed E-state index contributed by atoms with van der Waals surface area (Å²) in [5.74, 6) is 1.02. The van der Waals surface area contributed by atoms with Crippen LogP contribution in [0.3, 0.4) is 0 Å². The summed E-state index contributed by atoms with van der Waals surface area (Å²) in [6.07, 6.45) is 2.30. The zero-order valence-corrected chi connectivity index (χ0v) is 23.9. The van der Waals surface area contributed by atoms with Crippen molar-refractivity contribution in [2.45, 2.75) is 53.1 Å². The Morgan fingerprint density at radius 2 is 1.48 bits per heavy atom. The van der Waals surface area contributed by atoms with E-state index in [0.717, 1.165) is 24.0 Å². The van der Waals surface area contributed by atoms with Crippen molar-refractivity contribution in [3.8, 4) is 16.9 Å². The normalized spacial score (nSPS) is 18.6. The number of ether oxygens (including phenoxy) is 5. The Hall–Kier alpha value is -3.65. The average molecular weight is 553 g/mol. The van der Waals surface area contributed by atoms with Gasteiger partial charge in [0.05, 0.1) is 18.8 Å². The SMILES string of the molecule is C=C(C)C(=O)OCCOCCOC(=O)Oc1ccc(-c2ccc(C(=O)OC3CC(C)CCC3C(C)C)cc2)cc1. The van der Waals surface area contributed by atoms with Gasteiger partial charge >= 0.3 is 18.1 Å². The van der Waals surface area contributed by atoms with Crippen LogP contribution in [0.5, 0.6) is 5.75 Å². The number of carbonyl (C=O) groups is 3. The molecule has 1 fully saturated rings. The highest BCUT2D eigenvalue weighted by Gasteiger charge is 2.33. The first-order valence-corrected chi connectivity index (χ1v) is 13.8. The van der Waals surface area contributed by atoms with Gasteiger partial charge in [0, 0.05) is 5.57 Å². The molecule has 3 unspecified atom stereocenters. The maximum Gasteiger partial charge on any atom is 0.513 e. The lowest BCUT2D eigenvalue weighted by atomic mass is 9.75. The monoisotopic (exact) mass is 552 g/mol. The van der Waals surface area contributed by atoms with Crippen molar-refractivity contribution in [1.29, 1.82) is 0 Å². The predicted molar refractivity (Wildman–Crippen MR) is 151 cm³/mol. The molecule has 0 bridgehead atoms. The summed E-state index contributed by atoms with van der Waals surface area (Å²) in [5.41, 5.74) is 2.67. The van der Waals surface area contributed by atoms with Gasteiger partial charge in [0.1, 0.15) is 25.1 Å². The molecule has 1 saturated carbocycles. The number of esters is 2. The Morgan fingerprint density at radius 1 is 0.875 bits per heavy atom. The van der Waals surface area contributed by atoms with E-state index in [0.29, 0.717) is 34.6 Å². The van der Waals surface area contributed by atoms with Crippen molar-refractivity contribution < 1.29 is 38.1 Å². The maximum atomic E-state index is 12.9. The van der Waals surface area contributed by atoms with Gasteiger partial charge in [0.2, 0.25) is 0 Å². The summed E-state index contributed by atoms with van der Waals surface area (Å²) in [6.45, 7) is 12.1. The fourth-order valence-electron chi connectivity index (χ4n) is 4.70. The molecule has 0 aliphatic heterocycles. The van der Waals surface area contributed by atoms with Crippen LogP contribution in [-0.4, -0.2) is 50.6 Å². The Kier molecular flexibility index (Phi) is 11.8. The summed E-state index contributed by atoms with van der Waals surface area (Å²) >= 11 is 0. The molecule has 3 rings (SSSR count). The molecule has 0 saturated heterocycles. The van der Waals surface area contributed by atoms with Gasteiger partial charge in [-0.3, -0.25) is 0 Å². The van der Waals surface area contributed by atoms with Crippen LogP contribution in [0, 0.1) is 17.8 Å². The van der Waals surface area contributed by atoms with Crippen molar-refractivity contribution in [3.05, 3.63) is 66.2 Å². The number of hydrogen-bond donors (Lipinski definition) is 0. The van der Waals surface area contributed by atoms with Crippen LogP contribution in [0.1, 0.15) is 57.3 Å². The van der Waals surface area contributed by atoms with Gasteiger partial charge in [-0.25, -0.2) is 14.4 Å². The standard InChI is InChI=1S/C32H40O8/c1-21(2)28-15-6-23(5)20-29(28)40-31(34)26-9-7-24(8-10-26)25-11-13-27(14-12-25)39-32(35)38-19-17-36-16-18-37-30(33)22(3)4/h7-14,21,23,28-29H,3,6,15-20H2,1-2,4-5H3. The molecule has 0 amide bonds. The van der Waals surface area contributed by atoms with Crippen molar-refractivity contribution in [3.63, 3.8) is 0 Å². The van der Waals surface area contributed by atoms with E-state index in [2.05, 4.69) is 27.4 Å². The molecular weight excluding hydrogens is 512 g/mol. The van der Waals surface area contributed by atoms with Crippen LogP contribution in [0.15, 0.2) is 60.7 Å². The molecule has 3 atom stereocenters. The molecule has 216 valence electrons. The molecule has 1 aliphatic rings. The van der Waals surface area contributed by atoms with E-state index in [9.17, 15) is 14.4 Å². The van der Waals surface area contributed by atoms with E-state index in [1.54, 1.807) is 31.2 Å². The maximum absolute atomic E-state index is 12.9. The first-order chi connectivity index (χ1) is 19.1. The highest BCUT2D eigenvalue weighted by atomic mass is 16.7. The van der Waals surface area contributed by atoms with Gasteiger partial charge in [-0.1, -0.05) is 58.0 Å². The van der Waals surface area contributed by atoms with Crippen LogP contribution in [0.4, 0.5) is 4.79 Å². The number of carbonyl (C=O) groups excluding carboxylic acids is 3. The topological polar surface area (TPSA) is 97.4 Å². The lowest BCUT2D eigenvalue weighted by molar-refractivity contribution is -0.140. The van der Waals surface area contributed by atoms with Crippen LogP contribution in [0.2, 0.25) is 0 Å². The third-order valence-electron chi connectivity index (χ3n) is 6.99. The van der Waals surface area contributed by atoms with E-state index >= 15 is 0 Å². The molecule has 2 aromatic carbocycles. The molecule has 8 heteroatoms. The Balaban J connectivity index is 1.42. The highest BCUT2D eigenvalue weighted by molar-refractivity contribution is 5.90. The van der Waals surface area contributed by atoms with E-state index in [-0.39, 0.29) is 38.5 Å². The molecule has 0 radical (unpaired) electrons. The van der Waals surface area contributed by atoms with Crippen LogP contribution in [0.25, 0.3) is 11.1 Å². The van der Waals surface area contributed by atoms with E-state index in [1.807, 2.05) is 24.3 Å². The summed E-state index contributed by atoms with van der Waals surface area (Å²) in [5, 5.41) is 0. The molecule has 2 aromatic rings. The molecule has 0 heterocycles. The van der Waals surface area contributed by atoms with E-state index in [4.69, 9.17) is 23.7 Å². The molecule has 0 spiro atoms. The summed E-state index contributed by atoms with van der Waals surface area (Å²) in [4.78, 5) is 36.0. The second-order valence-corrected chi connectivity index (χ2v) is 10.6. The van der Waals surface area contributed by atoms with E-state index in [1.165, 1.54) is 6.42 Å². The minimum atomic E-state index is -0.847. The minimum Gasteiger partial charge on any atom is -0.460 e. The van der Waals surface area contributed by atoms with Crippen LogP contribution < -0.4 is 4.74 Å². The van der Waals surface area contributed by atoms with Crippen molar-refractivity contribution in [2.75, 3.05) is 26.4 Å². The number of hydrogen-bond acceptors (Lipinski definition) is 8. The number of rotatable bonds is 12. The first kappa shape index (κ1) is 30.9. The smallest absolute Gasteiger partial charge is 0.460 e. The van der Waals surface area contributed by atoms with E-state index < -0.39 is 12.1 Å². The zero-order valence-electron chi connectivity index (χ0n) is 23.9. The Morgan fingerprint density at radius 3 is 2.08 bits per heavy atom. The van der Waals surface area contributed by atoms with Gasteiger partial charge < -0.3 is 23.7 Å². The average Bonchev–Trinajstić information content (AvgIpc) is 2.92. The van der Waals surface area contributed by atoms with Crippen molar-refractivity contribution >= 4 is 18.1 Å². The third kappa shape index (κ3) is 9.52. The molecule has 40 heavy (non-hydrogen) atoms. The lowest BCUT2D eigenvalue weighted by Crippen LogP contribution is -2.35. The Labute approximate surface area is 236 Å². The largest absolute Gasteiger partial charge is 0.513 e. The van der Waals surface area contributed by atoms with Crippen molar-refractivity contribution in [1.82, 2.24) is 0 Å². The quantitative estimate of drug-likeness (QED) is 0.0952. The zero-order chi connectivity index (χ0) is 29.1. The van der Waals surface area contributed by atoms with Gasteiger partial charge in [-0.05, 0) is 72.9 Å². The first-order valence-electron chi connectivity index (χ1n) is 13.8. The molecule has 8 nitrogen and oxygen atoms in total. The fourth-order valence-corrected chi connectivity index (χ4v) is 4.70. The van der Waals surface area contributed by atoms with Gasteiger partial charge in [0.15, 0.2) is 0 Å². The van der Waals surface area contributed by atoms with Gasteiger partial charge in [-0.2, -0.15) is 0 Å². The second kappa shape index (κ2) is 15.2. The second-order valence-electron chi connectivity index (χ2n) is 10.6. The van der Waals surface area contributed by atoms with Gasteiger partial charge in [-0.15, -0.1) is 0 Å². The van der Waals surface area contributed by atoms with Crippen LogP contribution in [-0.2, 0) is 23.7 Å². The Bertz CT molecular complexity index is 1140. The molecule has 1 aliphatic carbocycles. The fraction of sp³-hybridized carbons (Fsp3) is 0.469. The molecule has 0 aromatic heterocycles. The minimum absolute atomic E-state index is 0.00195. The summed E-state index contributed by atoms with van der Waals surface area (Å²) < 4.78 is 26.3. The molecule has 0 N–H and O–H groups in total. The van der Waals surface area contributed by atoms with Crippen LogP contribution >= 0.6 is 0 Å². The summed E-state index contributed by atoms with van der Waals surface area (Å²) in [7, 11) is 0. The third-order valence-corrected chi connectivity index (χ3v) is 6.99. The number of benzene rings is 2. The van der Waals surface area contributed by atoms with Crippen molar-refractivity contribution in [2.24, 2.45) is 17.8 Å². The van der Waals surface area contributed by atoms with Gasteiger partial charge in [0.25, 0.3) is 0 Å². The predicted octanol–water partition coefficient (Wildman–Crippen LogP) is 6.62. The highest BCUT2D eigenvalue weighted by Crippen LogP contribution is 2.36. The molecular formula is C32H40O8. The summed E-state index contributed by atoms with van der Waals surface area (Å²) in [6, 6.07) is 14.3. The lowest BCUT2D eigenvalue weighted by Gasteiger charge is -2.36.